The van der Waals surface area contributed by atoms with Gasteiger partial charge >= 0.3 is 0 Å². The third-order valence-corrected chi connectivity index (χ3v) is 3.78. The molecule has 0 aromatic heterocycles. The Kier molecular flexibility index (Phi) is 7.61. The number of halogens is 2. The lowest BCUT2D eigenvalue weighted by atomic mass is 10.1. The van der Waals surface area contributed by atoms with Gasteiger partial charge in [-0.05, 0) is 29.5 Å². The first-order chi connectivity index (χ1) is 9.02. The summed E-state index contributed by atoms with van der Waals surface area (Å²) in [6.07, 6.45) is -0.347. The molecule has 0 aliphatic rings. The highest BCUT2D eigenvalue weighted by Gasteiger charge is 2.11. The van der Waals surface area contributed by atoms with Crippen molar-refractivity contribution >= 4 is 40.9 Å². The highest BCUT2D eigenvalue weighted by molar-refractivity contribution is 7.99. The Bertz CT molecular complexity index is 409. The van der Waals surface area contributed by atoms with Crippen molar-refractivity contribution in [1.82, 2.24) is 5.32 Å². The summed E-state index contributed by atoms with van der Waals surface area (Å²) in [4.78, 5) is 11.5. The number of nitrogens with one attached hydrogen (secondary N) is 1. The molecule has 6 heteroatoms. The van der Waals surface area contributed by atoms with Gasteiger partial charge < -0.3 is 10.4 Å². The van der Waals surface area contributed by atoms with Crippen LogP contribution in [0, 0.1) is 0 Å². The number of hydrogen-bond donors (Lipinski definition) is 2. The second-order valence-corrected chi connectivity index (χ2v) is 6.24. The minimum Gasteiger partial charge on any atom is -0.387 e. The lowest BCUT2D eigenvalue weighted by Gasteiger charge is -2.13. The number of carbonyl (C=O) groups excluding carboxylic acids is 1. The van der Waals surface area contributed by atoms with Crippen molar-refractivity contribution in [2.45, 2.75) is 19.4 Å². The van der Waals surface area contributed by atoms with Crippen molar-refractivity contribution in [3.63, 3.8) is 0 Å². The van der Waals surface area contributed by atoms with Gasteiger partial charge in [-0.3, -0.25) is 4.79 Å². The molecule has 2 N–H and O–H groups in total. The normalized spacial score (nSPS) is 12.2. The van der Waals surface area contributed by atoms with Gasteiger partial charge in [0.1, 0.15) is 0 Å². The number of amides is 1. The molecule has 0 aliphatic heterocycles. The summed E-state index contributed by atoms with van der Waals surface area (Å²) in [6.45, 7) is 2.21. The number of aliphatic hydroxyl groups is 1. The van der Waals surface area contributed by atoms with Crippen LogP contribution in [0.1, 0.15) is 25.0 Å². The van der Waals surface area contributed by atoms with Crippen LogP contribution in [0.5, 0.6) is 0 Å². The van der Waals surface area contributed by atoms with Gasteiger partial charge in [0.15, 0.2) is 0 Å². The minimum absolute atomic E-state index is 0.0619. The van der Waals surface area contributed by atoms with Crippen LogP contribution in [0.4, 0.5) is 0 Å². The van der Waals surface area contributed by atoms with E-state index >= 15 is 0 Å². The van der Waals surface area contributed by atoms with E-state index in [0.29, 0.717) is 22.0 Å². The summed E-state index contributed by atoms with van der Waals surface area (Å²) in [6, 6.07) is 4.87. The topological polar surface area (TPSA) is 49.3 Å². The molecule has 0 heterocycles. The quantitative estimate of drug-likeness (QED) is 0.758. The molecule has 1 aromatic carbocycles. The third kappa shape index (κ3) is 6.52. The van der Waals surface area contributed by atoms with Crippen molar-refractivity contribution in [2.75, 3.05) is 18.1 Å². The van der Waals surface area contributed by atoms with Gasteiger partial charge in [-0.25, -0.2) is 0 Å². The van der Waals surface area contributed by atoms with Crippen LogP contribution in [-0.4, -0.2) is 29.1 Å². The molecule has 106 valence electrons. The third-order valence-electron chi connectivity index (χ3n) is 2.44. The Balaban J connectivity index is 2.42. The van der Waals surface area contributed by atoms with E-state index in [2.05, 4.69) is 12.2 Å². The van der Waals surface area contributed by atoms with Gasteiger partial charge in [0.05, 0.1) is 6.10 Å². The van der Waals surface area contributed by atoms with E-state index < -0.39 is 6.10 Å². The predicted octanol–water partition coefficient (Wildman–Crippen LogP) is 3.29. The molecule has 1 atom stereocenters. The van der Waals surface area contributed by atoms with Crippen molar-refractivity contribution < 1.29 is 9.90 Å². The zero-order chi connectivity index (χ0) is 14.3. The number of benzene rings is 1. The number of hydrogen-bond acceptors (Lipinski definition) is 3. The second-order valence-electron chi connectivity index (χ2n) is 3.97. The molecule has 0 saturated heterocycles. The van der Waals surface area contributed by atoms with Crippen LogP contribution in [-0.2, 0) is 4.79 Å². The monoisotopic (exact) mass is 321 g/mol. The van der Waals surface area contributed by atoms with Crippen molar-refractivity contribution in [2.24, 2.45) is 0 Å². The Morgan fingerprint density at radius 1 is 1.37 bits per heavy atom. The predicted molar refractivity (Wildman–Crippen MR) is 82.0 cm³/mol. The summed E-state index contributed by atoms with van der Waals surface area (Å²) in [7, 11) is 0. The fourth-order valence-electron chi connectivity index (χ4n) is 1.49. The summed E-state index contributed by atoms with van der Waals surface area (Å²) in [5.74, 6) is 1.73. The fraction of sp³-hybridized carbons (Fsp3) is 0.462. The van der Waals surface area contributed by atoms with Crippen LogP contribution >= 0.6 is 35.0 Å². The first-order valence-electron chi connectivity index (χ1n) is 6.01. The first kappa shape index (κ1) is 16.6. The van der Waals surface area contributed by atoms with Gasteiger partial charge in [0.2, 0.25) is 5.91 Å². The van der Waals surface area contributed by atoms with E-state index in [1.807, 2.05) is 0 Å². The van der Waals surface area contributed by atoms with Gasteiger partial charge in [-0.2, -0.15) is 11.8 Å². The van der Waals surface area contributed by atoms with Crippen molar-refractivity contribution in [3.8, 4) is 0 Å². The second kappa shape index (κ2) is 8.69. The van der Waals surface area contributed by atoms with Gasteiger partial charge in [0, 0.05) is 28.8 Å². The molecular formula is C13H17Cl2NO2S. The first-order valence-corrected chi connectivity index (χ1v) is 7.92. The molecule has 0 fully saturated rings. The average molecular weight is 322 g/mol. The van der Waals surface area contributed by atoms with Crippen molar-refractivity contribution in [3.05, 3.63) is 33.8 Å². The molecule has 19 heavy (non-hydrogen) atoms. The van der Waals surface area contributed by atoms with E-state index in [9.17, 15) is 9.90 Å². The maximum Gasteiger partial charge on any atom is 0.220 e. The van der Waals surface area contributed by atoms with Gasteiger partial charge in [-0.15, -0.1) is 0 Å². The average Bonchev–Trinajstić information content (AvgIpc) is 2.35. The Morgan fingerprint density at radius 2 is 2.00 bits per heavy atom. The highest BCUT2D eigenvalue weighted by Crippen LogP contribution is 2.23. The minimum atomic E-state index is -0.807. The summed E-state index contributed by atoms with van der Waals surface area (Å²) in [5.41, 5.74) is 0.598. The molecule has 0 radical (unpaired) electrons. The Hall–Kier alpha value is -0.420. The molecule has 0 aliphatic carbocycles. The molecule has 1 unspecified atom stereocenters. The molecule has 0 spiro atoms. The number of rotatable bonds is 7. The zero-order valence-electron chi connectivity index (χ0n) is 10.7. The summed E-state index contributed by atoms with van der Waals surface area (Å²) < 4.78 is 0. The van der Waals surface area contributed by atoms with Gasteiger partial charge in [-0.1, -0.05) is 30.1 Å². The van der Waals surface area contributed by atoms with Gasteiger partial charge in [0.25, 0.3) is 0 Å². The number of carbonyl (C=O) groups is 1. The fourth-order valence-corrected chi connectivity index (χ4v) is 2.65. The van der Waals surface area contributed by atoms with E-state index in [-0.39, 0.29) is 12.5 Å². The smallest absolute Gasteiger partial charge is 0.220 e. The summed E-state index contributed by atoms with van der Waals surface area (Å²) >= 11 is 13.4. The molecule has 1 rings (SSSR count). The lowest BCUT2D eigenvalue weighted by molar-refractivity contribution is -0.121. The van der Waals surface area contributed by atoms with Crippen molar-refractivity contribution in [1.29, 1.82) is 0 Å². The van der Waals surface area contributed by atoms with E-state index in [1.165, 1.54) is 0 Å². The molecule has 3 nitrogen and oxygen atoms in total. The standard InChI is InChI=1S/C13H17Cl2NO2S/c1-2-19-4-3-13(18)16-8-12(17)9-5-10(14)7-11(15)6-9/h5-7,12,17H,2-4,8H2,1H3,(H,16,18). The SMILES string of the molecule is CCSCCC(=O)NCC(O)c1cc(Cl)cc(Cl)c1. The van der Waals surface area contributed by atoms with Crippen LogP contribution < -0.4 is 5.32 Å². The Labute approximate surface area is 127 Å². The molecule has 0 bridgehead atoms. The van der Waals surface area contributed by atoms with E-state index in [4.69, 9.17) is 23.2 Å². The molecule has 0 saturated carbocycles. The molecule has 1 amide bonds. The van der Waals surface area contributed by atoms with Crippen LogP contribution in [0.2, 0.25) is 10.0 Å². The van der Waals surface area contributed by atoms with Crippen LogP contribution in [0.25, 0.3) is 0 Å². The number of aliphatic hydroxyl groups excluding tert-OH is 1. The summed E-state index contributed by atoms with van der Waals surface area (Å²) in [5, 5.41) is 13.6. The zero-order valence-corrected chi connectivity index (χ0v) is 13.0. The highest BCUT2D eigenvalue weighted by atomic mass is 35.5. The van der Waals surface area contributed by atoms with E-state index in [1.54, 1.807) is 30.0 Å². The van der Waals surface area contributed by atoms with Crippen LogP contribution in [0.15, 0.2) is 18.2 Å². The Morgan fingerprint density at radius 3 is 2.58 bits per heavy atom. The van der Waals surface area contributed by atoms with E-state index in [0.717, 1.165) is 11.5 Å². The molecular weight excluding hydrogens is 305 g/mol. The molecule has 1 aromatic rings. The lowest BCUT2D eigenvalue weighted by Crippen LogP contribution is -2.28. The maximum absolute atomic E-state index is 11.5. The van der Waals surface area contributed by atoms with Crippen LogP contribution in [0.3, 0.4) is 0 Å². The largest absolute Gasteiger partial charge is 0.387 e. The maximum atomic E-state index is 11.5. The number of thioether (sulfide) groups is 1.